The summed E-state index contributed by atoms with van der Waals surface area (Å²) in [6.45, 7) is 6.39. The predicted octanol–water partition coefficient (Wildman–Crippen LogP) is 1.89. The van der Waals surface area contributed by atoms with Crippen LogP contribution in [0.3, 0.4) is 0 Å². The van der Waals surface area contributed by atoms with Crippen molar-refractivity contribution in [3.05, 3.63) is 10.1 Å². The first-order valence-corrected chi connectivity index (χ1v) is 5.46. The molecule has 1 aliphatic carbocycles. The van der Waals surface area contributed by atoms with Gasteiger partial charge in [-0.15, -0.1) is 10.1 Å². The van der Waals surface area contributed by atoms with Crippen molar-refractivity contribution >= 4 is 0 Å². The first-order chi connectivity index (χ1) is 6.87. The van der Waals surface area contributed by atoms with E-state index in [1.807, 2.05) is 0 Å². The van der Waals surface area contributed by atoms with Crippen molar-refractivity contribution in [2.75, 3.05) is 0 Å². The Labute approximate surface area is 90.3 Å². The van der Waals surface area contributed by atoms with E-state index in [0.29, 0.717) is 6.04 Å². The van der Waals surface area contributed by atoms with Gasteiger partial charge >= 0.3 is 0 Å². The van der Waals surface area contributed by atoms with E-state index < -0.39 is 5.09 Å². The highest BCUT2D eigenvalue weighted by Crippen LogP contribution is 2.22. The van der Waals surface area contributed by atoms with Gasteiger partial charge in [-0.2, -0.15) is 0 Å². The number of hydrogen-bond donors (Lipinski definition) is 1. The monoisotopic (exact) mass is 216 g/mol. The molecular formula is C10H20N2O3. The molecule has 5 heteroatoms. The molecule has 0 unspecified atom stereocenters. The predicted molar refractivity (Wildman–Crippen MR) is 57.0 cm³/mol. The summed E-state index contributed by atoms with van der Waals surface area (Å²) in [4.78, 5) is 14.7. The first-order valence-electron chi connectivity index (χ1n) is 5.46. The number of hydrogen-bond acceptors (Lipinski definition) is 4. The Morgan fingerprint density at radius 1 is 1.27 bits per heavy atom. The maximum absolute atomic E-state index is 10.1. The molecule has 0 radical (unpaired) electrons. The Hall–Kier alpha value is -0.840. The van der Waals surface area contributed by atoms with Crippen molar-refractivity contribution < 1.29 is 9.92 Å². The highest BCUT2D eigenvalue weighted by Gasteiger charge is 2.25. The molecule has 0 aromatic heterocycles. The zero-order valence-corrected chi connectivity index (χ0v) is 9.66. The molecule has 0 amide bonds. The molecule has 0 bridgehead atoms. The quantitative estimate of drug-likeness (QED) is 0.578. The Balaban J connectivity index is 2.27. The number of nitrogens with zero attached hydrogens (tertiary/aromatic N) is 1. The van der Waals surface area contributed by atoms with Gasteiger partial charge in [0.05, 0.1) is 0 Å². The molecule has 0 atom stereocenters. The SMILES string of the molecule is CC(C)(C)NC1CCC(O[N+](=O)[O-])CC1. The third kappa shape index (κ3) is 4.97. The van der Waals surface area contributed by atoms with Gasteiger partial charge in [-0.1, -0.05) is 0 Å². The van der Waals surface area contributed by atoms with Crippen molar-refractivity contribution in [3.8, 4) is 0 Å². The standard InChI is InChI=1S/C10H20N2O3/c1-10(2,3)11-8-4-6-9(7-5-8)15-12(13)14/h8-9,11H,4-7H2,1-3H3. The normalized spacial score (nSPS) is 27.4. The molecule has 1 fully saturated rings. The summed E-state index contributed by atoms with van der Waals surface area (Å²) in [6.07, 6.45) is 3.26. The molecule has 1 rings (SSSR count). The lowest BCUT2D eigenvalue weighted by Gasteiger charge is -2.33. The van der Waals surface area contributed by atoms with Crippen LogP contribution < -0.4 is 5.32 Å². The van der Waals surface area contributed by atoms with Crippen LogP contribution in [0.1, 0.15) is 46.5 Å². The van der Waals surface area contributed by atoms with Crippen LogP contribution in [0.15, 0.2) is 0 Å². The van der Waals surface area contributed by atoms with Crippen molar-refractivity contribution in [1.82, 2.24) is 5.32 Å². The van der Waals surface area contributed by atoms with Crippen molar-refractivity contribution in [3.63, 3.8) is 0 Å². The molecule has 15 heavy (non-hydrogen) atoms. The average Bonchev–Trinajstić information content (AvgIpc) is 2.05. The van der Waals surface area contributed by atoms with Crippen molar-refractivity contribution in [2.24, 2.45) is 0 Å². The van der Waals surface area contributed by atoms with E-state index in [1.165, 1.54) is 0 Å². The van der Waals surface area contributed by atoms with Crippen molar-refractivity contribution in [2.45, 2.75) is 64.1 Å². The van der Waals surface area contributed by atoms with E-state index >= 15 is 0 Å². The van der Waals surface area contributed by atoms with Crippen LogP contribution in [-0.4, -0.2) is 22.8 Å². The summed E-state index contributed by atoms with van der Waals surface area (Å²) in [5, 5.41) is 13.0. The van der Waals surface area contributed by atoms with Gasteiger partial charge in [-0.3, -0.25) is 0 Å². The highest BCUT2D eigenvalue weighted by molar-refractivity contribution is 4.82. The van der Waals surface area contributed by atoms with E-state index in [9.17, 15) is 10.1 Å². The second-order valence-corrected chi connectivity index (χ2v) is 5.20. The van der Waals surface area contributed by atoms with Gasteiger partial charge < -0.3 is 10.2 Å². The zero-order valence-electron chi connectivity index (χ0n) is 9.66. The van der Waals surface area contributed by atoms with Crippen LogP contribution in [0.25, 0.3) is 0 Å². The second kappa shape index (κ2) is 4.79. The number of rotatable bonds is 3. The van der Waals surface area contributed by atoms with Crippen molar-refractivity contribution in [1.29, 1.82) is 0 Å². The van der Waals surface area contributed by atoms with E-state index in [1.54, 1.807) is 0 Å². The van der Waals surface area contributed by atoms with E-state index in [-0.39, 0.29) is 11.6 Å². The maximum Gasteiger partial charge on any atom is 0.294 e. The fourth-order valence-electron chi connectivity index (χ4n) is 2.05. The third-order valence-electron chi connectivity index (χ3n) is 2.55. The largest absolute Gasteiger partial charge is 0.311 e. The average molecular weight is 216 g/mol. The van der Waals surface area contributed by atoms with Gasteiger partial charge in [0.25, 0.3) is 5.09 Å². The molecule has 1 aliphatic rings. The number of nitrogens with one attached hydrogen (secondary N) is 1. The molecule has 0 heterocycles. The molecule has 88 valence electrons. The van der Waals surface area contributed by atoms with Gasteiger partial charge in [0.1, 0.15) is 6.10 Å². The van der Waals surface area contributed by atoms with Gasteiger partial charge in [0.2, 0.25) is 0 Å². The topological polar surface area (TPSA) is 64.4 Å². The molecule has 0 aromatic carbocycles. The van der Waals surface area contributed by atoms with E-state index in [4.69, 9.17) is 0 Å². The molecular weight excluding hydrogens is 196 g/mol. The minimum absolute atomic E-state index is 0.113. The Kier molecular flexibility index (Phi) is 3.90. The van der Waals surface area contributed by atoms with Crippen LogP contribution in [-0.2, 0) is 4.84 Å². The van der Waals surface area contributed by atoms with Gasteiger partial charge in [-0.25, -0.2) is 0 Å². The van der Waals surface area contributed by atoms with Gasteiger partial charge in [-0.05, 0) is 46.5 Å². The van der Waals surface area contributed by atoms with E-state index in [2.05, 4.69) is 30.9 Å². The van der Waals surface area contributed by atoms with Crippen LogP contribution in [0.5, 0.6) is 0 Å². The summed E-state index contributed by atoms with van der Waals surface area (Å²) in [6, 6.07) is 0.469. The molecule has 1 N–H and O–H groups in total. The van der Waals surface area contributed by atoms with Crippen LogP contribution in [0.4, 0.5) is 0 Å². The summed E-state index contributed by atoms with van der Waals surface area (Å²) in [7, 11) is 0. The molecule has 0 spiro atoms. The summed E-state index contributed by atoms with van der Waals surface area (Å²) in [5.41, 5.74) is 0.113. The summed E-state index contributed by atoms with van der Waals surface area (Å²) >= 11 is 0. The van der Waals surface area contributed by atoms with Crippen LogP contribution in [0.2, 0.25) is 0 Å². The van der Waals surface area contributed by atoms with Crippen LogP contribution >= 0.6 is 0 Å². The summed E-state index contributed by atoms with van der Waals surface area (Å²) < 4.78 is 0. The Bertz CT molecular complexity index is 217. The molecule has 0 saturated heterocycles. The minimum atomic E-state index is -0.678. The molecule has 0 aromatic rings. The second-order valence-electron chi connectivity index (χ2n) is 5.20. The Morgan fingerprint density at radius 3 is 2.20 bits per heavy atom. The maximum atomic E-state index is 10.1. The fourth-order valence-corrected chi connectivity index (χ4v) is 2.05. The zero-order chi connectivity index (χ0) is 11.5. The smallest absolute Gasteiger partial charge is 0.294 e. The summed E-state index contributed by atoms with van der Waals surface area (Å²) in [5.74, 6) is 0. The molecule has 0 aliphatic heterocycles. The lowest BCUT2D eigenvalue weighted by atomic mass is 9.91. The highest BCUT2D eigenvalue weighted by atomic mass is 17.0. The Morgan fingerprint density at radius 2 is 1.80 bits per heavy atom. The first kappa shape index (κ1) is 12.2. The van der Waals surface area contributed by atoms with Gasteiger partial charge in [0.15, 0.2) is 0 Å². The fraction of sp³-hybridized carbons (Fsp3) is 1.00. The van der Waals surface area contributed by atoms with E-state index in [0.717, 1.165) is 25.7 Å². The van der Waals surface area contributed by atoms with Crippen LogP contribution in [0, 0.1) is 10.1 Å². The molecule has 5 nitrogen and oxygen atoms in total. The third-order valence-corrected chi connectivity index (χ3v) is 2.55. The lowest BCUT2D eigenvalue weighted by Crippen LogP contribution is -2.46. The minimum Gasteiger partial charge on any atom is -0.311 e. The van der Waals surface area contributed by atoms with Gasteiger partial charge in [0, 0.05) is 11.6 Å². The molecule has 1 saturated carbocycles. The lowest BCUT2D eigenvalue weighted by molar-refractivity contribution is -0.769.